The summed E-state index contributed by atoms with van der Waals surface area (Å²) in [5.41, 5.74) is 0. The lowest BCUT2D eigenvalue weighted by Gasteiger charge is -2.06. The highest BCUT2D eigenvalue weighted by molar-refractivity contribution is 5.69. The average molecular weight is 286 g/mol. The van der Waals surface area contributed by atoms with Gasteiger partial charge in [0.15, 0.2) is 0 Å². The van der Waals surface area contributed by atoms with Crippen molar-refractivity contribution in [2.45, 2.75) is 84.5 Å². The zero-order valence-corrected chi connectivity index (χ0v) is 13.6. The van der Waals surface area contributed by atoms with E-state index in [9.17, 15) is 4.79 Å². The van der Waals surface area contributed by atoms with Crippen LogP contribution in [0.4, 0.5) is 0 Å². The molecular weight excluding hydrogens is 252 g/mol. The van der Waals surface area contributed by atoms with Gasteiger partial charge in [-0.2, -0.15) is 0 Å². The van der Waals surface area contributed by atoms with Gasteiger partial charge in [0.2, 0.25) is 0 Å². The summed E-state index contributed by atoms with van der Waals surface area (Å²) in [7, 11) is 0. The second-order valence-corrected chi connectivity index (χ2v) is 5.41. The number of hydrogen-bond donors (Lipinski definition) is 0. The molecule has 0 unspecified atom stereocenters. The summed E-state index contributed by atoms with van der Waals surface area (Å²) in [5.74, 6) is -0.119. The Kier molecular flexibility index (Phi) is 16.0. The molecule has 0 aromatic heterocycles. The van der Waals surface area contributed by atoms with Gasteiger partial charge in [0.25, 0.3) is 0 Å². The number of carbonyl (C=O) groups is 1. The molecule has 0 spiro atoms. The van der Waals surface area contributed by atoms with Gasteiger partial charge in [0.1, 0.15) is 0 Å². The lowest BCUT2D eigenvalue weighted by Crippen LogP contribution is -2.09. The first-order valence-corrected chi connectivity index (χ1v) is 8.54. The monoisotopic (exact) mass is 286 g/mol. The first-order valence-electron chi connectivity index (χ1n) is 8.54. The smallest absolute Gasteiger partial charge is 0.308 e. The molecule has 3 heteroatoms. The predicted octanol–water partition coefficient (Wildman–Crippen LogP) is 4.88. The minimum Gasteiger partial charge on any atom is -0.466 e. The van der Waals surface area contributed by atoms with Crippen molar-refractivity contribution in [3.05, 3.63) is 0 Å². The van der Waals surface area contributed by atoms with E-state index in [1.807, 2.05) is 0 Å². The molecule has 0 fully saturated rings. The molecule has 0 bridgehead atoms. The van der Waals surface area contributed by atoms with Crippen molar-refractivity contribution in [2.75, 3.05) is 19.8 Å². The first kappa shape index (κ1) is 19.4. The lowest BCUT2D eigenvalue weighted by atomic mass is 10.2. The minimum absolute atomic E-state index is 0.119. The van der Waals surface area contributed by atoms with Gasteiger partial charge in [-0.1, -0.05) is 65.2 Å². The first-order chi connectivity index (χ1) is 9.81. The number of hydrogen-bond acceptors (Lipinski definition) is 3. The quantitative estimate of drug-likeness (QED) is 0.318. The molecule has 0 saturated carbocycles. The fraction of sp³-hybridized carbons (Fsp3) is 0.941. The molecule has 0 aliphatic carbocycles. The Morgan fingerprint density at radius 1 is 0.700 bits per heavy atom. The van der Waals surface area contributed by atoms with Crippen molar-refractivity contribution < 1.29 is 14.3 Å². The third kappa shape index (κ3) is 15.5. The zero-order valence-electron chi connectivity index (χ0n) is 13.6. The zero-order chi connectivity index (χ0) is 14.9. The standard InChI is InChI=1S/C17H34O3/c1-3-5-7-9-11-14-19-16-13-17(18)20-15-12-10-8-6-4-2/h3-16H2,1-2H3. The van der Waals surface area contributed by atoms with Gasteiger partial charge < -0.3 is 9.47 Å². The van der Waals surface area contributed by atoms with E-state index >= 15 is 0 Å². The summed E-state index contributed by atoms with van der Waals surface area (Å²) in [6.45, 7) is 6.26. The summed E-state index contributed by atoms with van der Waals surface area (Å²) >= 11 is 0. The van der Waals surface area contributed by atoms with Gasteiger partial charge in [0, 0.05) is 6.61 Å². The van der Waals surface area contributed by atoms with E-state index in [0.29, 0.717) is 19.6 Å². The van der Waals surface area contributed by atoms with Gasteiger partial charge >= 0.3 is 5.97 Å². The molecule has 120 valence electrons. The van der Waals surface area contributed by atoms with Crippen LogP contribution in [0.2, 0.25) is 0 Å². The Labute approximate surface area is 125 Å². The average Bonchev–Trinajstić information content (AvgIpc) is 2.45. The second kappa shape index (κ2) is 16.5. The van der Waals surface area contributed by atoms with Crippen LogP contribution in [0.3, 0.4) is 0 Å². The van der Waals surface area contributed by atoms with Crippen molar-refractivity contribution in [1.82, 2.24) is 0 Å². The highest BCUT2D eigenvalue weighted by Crippen LogP contribution is 2.04. The number of rotatable bonds is 15. The fourth-order valence-corrected chi connectivity index (χ4v) is 2.03. The van der Waals surface area contributed by atoms with Crippen molar-refractivity contribution in [3.63, 3.8) is 0 Å². The molecular formula is C17H34O3. The van der Waals surface area contributed by atoms with Gasteiger partial charge in [-0.3, -0.25) is 4.79 Å². The van der Waals surface area contributed by atoms with Crippen LogP contribution in [0.5, 0.6) is 0 Å². The molecule has 0 amide bonds. The van der Waals surface area contributed by atoms with Crippen LogP contribution >= 0.6 is 0 Å². The van der Waals surface area contributed by atoms with Crippen LogP contribution in [0.15, 0.2) is 0 Å². The van der Waals surface area contributed by atoms with Crippen LogP contribution in [0, 0.1) is 0 Å². The van der Waals surface area contributed by atoms with Gasteiger partial charge in [-0.15, -0.1) is 0 Å². The van der Waals surface area contributed by atoms with Crippen LogP contribution in [-0.4, -0.2) is 25.8 Å². The Hall–Kier alpha value is -0.570. The van der Waals surface area contributed by atoms with Crippen molar-refractivity contribution in [2.24, 2.45) is 0 Å². The maximum absolute atomic E-state index is 11.4. The van der Waals surface area contributed by atoms with Gasteiger partial charge in [-0.25, -0.2) is 0 Å². The highest BCUT2D eigenvalue weighted by atomic mass is 16.5. The molecule has 0 aromatic rings. The molecule has 0 atom stereocenters. The third-order valence-corrected chi connectivity index (χ3v) is 3.35. The van der Waals surface area contributed by atoms with E-state index < -0.39 is 0 Å². The summed E-state index contributed by atoms with van der Waals surface area (Å²) in [6, 6.07) is 0. The Morgan fingerprint density at radius 3 is 1.85 bits per heavy atom. The van der Waals surface area contributed by atoms with E-state index in [1.54, 1.807) is 0 Å². The van der Waals surface area contributed by atoms with Crippen molar-refractivity contribution >= 4 is 5.97 Å². The van der Waals surface area contributed by atoms with Crippen LogP contribution in [0.1, 0.15) is 84.5 Å². The minimum atomic E-state index is -0.119. The SMILES string of the molecule is CCCCCCCOCCC(=O)OCCCCCCC. The number of ether oxygens (including phenoxy) is 2. The van der Waals surface area contributed by atoms with E-state index in [4.69, 9.17) is 9.47 Å². The summed E-state index contributed by atoms with van der Waals surface area (Å²) in [5, 5.41) is 0. The van der Waals surface area contributed by atoms with E-state index in [1.165, 1.54) is 44.9 Å². The Balaban J connectivity index is 3.12. The number of unbranched alkanes of at least 4 members (excludes halogenated alkanes) is 8. The normalized spacial score (nSPS) is 10.7. The maximum Gasteiger partial charge on any atom is 0.308 e. The summed E-state index contributed by atoms with van der Waals surface area (Å²) in [6.07, 6.45) is 12.5. The summed E-state index contributed by atoms with van der Waals surface area (Å²) < 4.78 is 10.6. The molecule has 0 heterocycles. The van der Waals surface area contributed by atoms with Crippen LogP contribution in [-0.2, 0) is 14.3 Å². The van der Waals surface area contributed by atoms with E-state index in [2.05, 4.69) is 13.8 Å². The van der Waals surface area contributed by atoms with Crippen LogP contribution in [0.25, 0.3) is 0 Å². The maximum atomic E-state index is 11.4. The van der Waals surface area contributed by atoms with Crippen molar-refractivity contribution in [1.29, 1.82) is 0 Å². The topological polar surface area (TPSA) is 35.5 Å². The molecule has 0 N–H and O–H groups in total. The number of carbonyl (C=O) groups excluding carboxylic acids is 1. The number of esters is 1. The van der Waals surface area contributed by atoms with E-state index in [0.717, 1.165) is 25.9 Å². The second-order valence-electron chi connectivity index (χ2n) is 5.41. The molecule has 0 radical (unpaired) electrons. The molecule has 0 aromatic carbocycles. The fourth-order valence-electron chi connectivity index (χ4n) is 2.03. The van der Waals surface area contributed by atoms with Crippen LogP contribution < -0.4 is 0 Å². The molecule has 0 aliphatic heterocycles. The molecule has 0 aliphatic rings. The molecule has 0 rings (SSSR count). The highest BCUT2D eigenvalue weighted by Gasteiger charge is 2.02. The van der Waals surface area contributed by atoms with Gasteiger partial charge in [-0.05, 0) is 12.8 Å². The van der Waals surface area contributed by atoms with Gasteiger partial charge in [0.05, 0.1) is 19.6 Å². The largest absolute Gasteiger partial charge is 0.466 e. The van der Waals surface area contributed by atoms with Crippen molar-refractivity contribution in [3.8, 4) is 0 Å². The summed E-state index contributed by atoms with van der Waals surface area (Å²) in [4.78, 5) is 11.4. The molecule has 3 nitrogen and oxygen atoms in total. The Morgan fingerprint density at radius 2 is 1.25 bits per heavy atom. The predicted molar refractivity (Wildman–Crippen MR) is 83.9 cm³/mol. The molecule has 20 heavy (non-hydrogen) atoms. The van der Waals surface area contributed by atoms with E-state index in [-0.39, 0.29) is 5.97 Å². The Bertz CT molecular complexity index is 204. The third-order valence-electron chi connectivity index (χ3n) is 3.35. The lowest BCUT2D eigenvalue weighted by molar-refractivity contribution is -0.145. The molecule has 0 saturated heterocycles.